The first kappa shape index (κ1) is 13.0. The molecule has 0 saturated carbocycles. The molecule has 0 heterocycles. The molecule has 0 aliphatic rings. The predicted molar refractivity (Wildman–Crippen MR) is 81.0 cm³/mol. The lowest BCUT2D eigenvalue weighted by molar-refractivity contribution is 1.13. The highest BCUT2D eigenvalue weighted by Gasteiger charge is 2.01. The maximum Gasteiger partial charge on any atom is 0.0452 e. The number of hydrogen-bond donors (Lipinski definition) is 1. The van der Waals surface area contributed by atoms with Crippen molar-refractivity contribution in [1.82, 2.24) is 0 Å². The van der Waals surface area contributed by atoms with Crippen LogP contribution in [0, 0.1) is 6.92 Å². The Morgan fingerprint density at radius 1 is 1.00 bits per heavy atom. The second-order valence-corrected chi connectivity index (χ2v) is 5.52. The molecule has 0 aliphatic carbocycles. The molecule has 0 aliphatic heterocycles. The molecule has 0 bridgehead atoms. The van der Waals surface area contributed by atoms with Crippen LogP contribution in [0.5, 0.6) is 0 Å². The third kappa shape index (κ3) is 3.30. The monoisotopic (exact) mass is 257 g/mol. The lowest BCUT2D eigenvalue weighted by Gasteiger charge is -2.07. The van der Waals surface area contributed by atoms with Crippen molar-refractivity contribution in [2.24, 2.45) is 0 Å². The van der Waals surface area contributed by atoms with Crippen molar-refractivity contribution in [3.05, 3.63) is 59.2 Å². The van der Waals surface area contributed by atoms with E-state index < -0.39 is 0 Å². The molecule has 2 heteroatoms. The molecule has 2 N–H and O–H groups in total. The second kappa shape index (κ2) is 5.96. The molecule has 1 nitrogen and oxygen atoms in total. The molecular formula is C16H19NS. The highest BCUT2D eigenvalue weighted by Crippen LogP contribution is 2.29. The van der Waals surface area contributed by atoms with Crippen LogP contribution in [0.15, 0.2) is 47.4 Å². The van der Waals surface area contributed by atoms with E-state index in [1.165, 1.54) is 21.6 Å². The van der Waals surface area contributed by atoms with Gasteiger partial charge >= 0.3 is 0 Å². The Labute approximate surface area is 113 Å². The molecule has 94 valence electrons. The van der Waals surface area contributed by atoms with Crippen LogP contribution in [0.25, 0.3) is 0 Å². The Hall–Kier alpha value is -1.41. The van der Waals surface area contributed by atoms with Crippen LogP contribution in [0.2, 0.25) is 0 Å². The van der Waals surface area contributed by atoms with Gasteiger partial charge in [-0.1, -0.05) is 37.3 Å². The summed E-state index contributed by atoms with van der Waals surface area (Å²) >= 11 is 1.80. The van der Waals surface area contributed by atoms with E-state index in [0.29, 0.717) is 0 Å². The molecule has 0 amide bonds. The van der Waals surface area contributed by atoms with Gasteiger partial charge in [0.1, 0.15) is 0 Å². The van der Waals surface area contributed by atoms with E-state index in [4.69, 9.17) is 5.73 Å². The predicted octanol–water partition coefficient (Wildman–Crippen LogP) is 4.43. The number of rotatable bonds is 4. The van der Waals surface area contributed by atoms with E-state index in [1.807, 2.05) is 6.07 Å². The van der Waals surface area contributed by atoms with Gasteiger partial charge in [-0.15, -0.1) is 11.8 Å². The van der Waals surface area contributed by atoms with E-state index in [9.17, 15) is 0 Å². The molecule has 18 heavy (non-hydrogen) atoms. The summed E-state index contributed by atoms with van der Waals surface area (Å²) in [5.74, 6) is 0.970. The fourth-order valence-electron chi connectivity index (χ4n) is 1.80. The van der Waals surface area contributed by atoms with Gasteiger partial charge in [0.15, 0.2) is 0 Å². The van der Waals surface area contributed by atoms with Crippen LogP contribution in [0.3, 0.4) is 0 Å². The fraction of sp³-hybridized carbons (Fsp3) is 0.250. The summed E-state index contributed by atoms with van der Waals surface area (Å²) in [5.41, 5.74) is 10.8. The van der Waals surface area contributed by atoms with Crippen LogP contribution in [0.1, 0.15) is 23.6 Å². The van der Waals surface area contributed by atoms with Crippen LogP contribution in [-0.4, -0.2) is 0 Å². The molecule has 2 aromatic rings. The number of anilines is 1. The highest BCUT2D eigenvalue weighted by molar-refractivity contribution is 7.98. The van der Waals surface area contributed by atoms with E-state index in [0.717, 1.165) is 17.9 Å². The first-order valence-corrected chi connectivity index (χ1v) is 7.24. The summed E-state index contributed by atoms with van der Waals surface area (Å²) in [6, 6.07) is 15.0. The molecule has 0 unspecified atom stereocenters. The lowest BCUT2D eigenvalue weighted by Crippen LogP contribution is -1.90. The summed E-state index contributed by atoms with van der Waals surface area (Å²) in [6.07, 6.45) is 1.10. The van der Waals surface area contributed by atoms with E-state index >= 15 is 0 Å². The third-order valence-electron chi connectivity index (χ3n) is 2.99. The van der Waals surface area contributed by atoms with Gasteiger partial charge in [0.25, 0.3) is 0 Å². The quantitative estimate of drug-likeness (QED) is 0.647. The fourth-order valence-corrected chi connectivity index (χ4v) is 2.82. The van der Waals surface area contributed by atoms with Gasteiger partial charge in [0.05, 0.1) is 0 Å². The molecule has 0 spiro atoms. The number of hydrogen-bond acceptors (Lipinski definition) is 2. The molecule has 0 saturated heterocycles. The van der Waals surface area contributed by atoms with Gasteiger partial charge in [0.2, 0.25) is 0 Å². The lowest BCUT2D eigenvalue weighted by atomic mass is 10.1. The summed E-state index contributed by atoms with van der Waals surface area (Å²) in [4.78, 5) is 1.18. The Kier molecular flexibility index (Phi) is 4.32. The number of benzene rings is 2. The summed E-state index contributed by atoms with van der Waals surface area (Å²) in [7, 11) is 0. The van der Waals surface area contributed by atoms with Gasteiger partial charge in [-0.2, -0.15) is 0 Å². The van der Waals surface area contributed by atoms with Gasteiger partial charge < -0.3 is 5.73 Å². The zero-order valence-electron chi connectivity index (χ0n) is 10.9. The first-order valence-electron chi connectivity index (χ1n) is 6.26. The van der Waals surface area contributed by atoms with E-state index in [1.54, 1.807) is 11.8 Å². The van der Waals surface area contributed by atoms with E-state index in [2.05, 4.69) is 50.2 Å². The molecule has 2 rings (SSSR count). The average molecular weight is 257 g/mol. The molecule has 0 aromatic heterocycles. The SMILES string of the molecule is CCc1ccc(CSc2cc(C)ccc2N)cc1. The smallest absolute Gasteiger partial charge is 0.0452 e. The minimum atomic E-state index is 0.871. The van der Waals surface area contributed by atoms with Gasteiger partial charge in [0, 0.05) is 16.3 Å². The van der Waals surface area contributed by atoms with E-state index in [-0.39, 0.29) is 0 Å². The molecule has 2 aromatic carbocycles. The average Bonchev–Trinajstić information content (AvgIpc) is 2.40. The van der Waals surface area contributed by atoms with Gasteiger partial charge in [-0.05, 0) is 42.2 Å². The zero-order chi connectivity index (χ0) is 13.0. The van der Waals surface area contributed by atoms with Crippen LogP contribution >= 0.6 is 11.8 Å². The van der Waals surface area contributed by atoms with Crippen molar-refractivity contribution in [2.45, 2.75) is 30.9 Å². The summed E-state index contributed by atoms with van der Waals surface area (Å²) < 4.78 is 0. The van der Waals surface area contributed by atoms with Gasteiger partial charge in [-0.25, -0.2) is 0 Å². The number of nitrogens with two attached hydrogens (primary N) is 1. The van der Waals surface area contributed by atoms with Crippen molar-refractivity contribution in [1.29, 1.82) is 0 Å². The van der Waals surface area contributed by atoms with Crippen LogP contribution in [-0.2, 0) is 12.2 Å². The largest absolute Gasteiger partial charge is 0.398 e. The Morgan fingerprint density at radius 3 is 2.33 bits per heavy atom. The molecule has 0 radical (unpaired) electrons. The maximum atomic E-state index is 5.98. The van der Waals surface area contributed by atoms with Crippen molar-refractivity contribution in [3.63, 3.8) is 0 Å². The first-order chi connectivity index (χ1) is 8.69. The topological polar surface area (TPSA) is 26.0 Å². The molecular weight excluding hydrogens is 238 g/mol. The minimum Gasteiger partial charge on any atom is -0.398 e. The van der Waals surface area contributed by atoms with Crippen LogP contribution < -0.4 is 5.73 Å². The molecule has 0 atom stereocenters. The van der Waals surface area contributed by atoms with Crippen molar-refractivity contribution in [3.8, 4) is 0 Å². The highest BCUT2D eigenvalue weighted by atomic mass is 32.2. The maximum absolute atomic E-state index is 5.98. The minimum absolute atomic E-state index is 0.871. The third-order valence-corrected chi connectivity index (χ3v) is 4.14. The summed E-state index contributed by atoms with van der Waals surface area (Å²) in [6.45, 7) is 4.27. The summed E-state index contributed by atoms with van der Waals surface area (Å²) in [5, 5.41) is 0. The number of nitrogen functional groups attached to an aromatic ring is 1. The number of aryl methyl sites for hydroxylation is 2. The zero-order valence-corrected chi connectivity index (χ0v) is 11.8. The normalized spacial score (nSPS) is 10.6. The van der Waals surface area contributed by atoms with Crippen molar-refractivity contribution in [2.75, 3.05) is 5.73 Å². The second-order valence-electron chi connectivity index (χ2n) is 4.50. The number of thioether (sulfide) groups is 1. The van der Waals surface area contributed by atoms with Crippen molar-refractivity contribution < 1.29 is 0 Å². The van der Waals surface area contributed by atoms with Crippen LogP contribution in [0.4, 0.5) is 5.69 Å². The van der Waals surface area contributed by atoms with Crippen molar-refractivity contribution >= 4 is 17.4 Å². The Balaban J connectivity index is 2.04. The Bertz CT molecular complexity index is 517. The van der Waals surface area contributed by atoms with Gasteiger partial charge in [-0.3, -0.25) is 0 Å². The molecule has 0 fully saturated rings. The Morgan fingerprint density at radius 2 is 1.67 bits per heavy atom. The standard InChI is InChI=1S/C16H19NS/c1-3-13-5-7-14(8-6-13)11-18-16-10-12(2)4-9-15(16)17/h4-10H,3,11,17H2,1-2H3.